The number of rotatable bonds is 1. The van der Waals surface area contributed by atoms with Crippen LogP contribution in [0.15, 0.2) is 21.7 Å². The van der Waals surface area contributed by atoms with Crippen molar-refractivity contribution in [2.75, 3.05) is 0 Å². The van der Waals surface area contributed by atoms with Crippen LogP contribution in [0.5, 0.6) is 0 Å². The molecule has 0 aliphatic heterocycles. The van der Waals surface area contributed by atoms with Crippen LogP contribution in [0.2, 0.25) is 0 Å². The van der Waals surface area contributed by atoms with Crippen molar-refractivity contribution in [2.24, 2.45) is 0 Å². The van der Waals surface area contributed by atoms with Gasteiger partial charge in [0.1, 0.15) is 4.21 Å². The van der Waals surface area contributed by atoms with E-state index in [0.717, 1.165) is 11.3 Å². The van der Waals surface area contributed by atoms with Gasteiger partial charge >= 0.3 is 39.7 Å². The average Bonchev–Trinajstić information content (AvgIpc) is 2.08. The SMILES string of the molecule is O=S(=O)(O)c1cccs1.[NaH]. The molecule has 0 fully saturated rings. The molecule has 0 bridgehead atoms. The summed E-state index contributed by atoms with van der Waals surface area (Å²) in [5.41, 5.74) is 0. The van der Waals surface area contributed by atoms with E-state index in [-0.39, 0.29) is 33.8 Å². The van der Waals surface area contributed by atoms with Crippen molar-refractivity contribution in [2.45, 2.75) is 4.21 Å². The zero-order valence-corrected chi connectivity index (χ0v) is 5.95. The first kappa shape index (κ1) is 10.6. The molecule has 0 aromatic carbocycles. The first-order chi connectivity index (χ1) is 4.11. The van der Waals surface area contributed by atoms with Gasteiger partial charge in [0.2, 0.25) is 0 Å². The summed E-state index contributed by atoms with van der Waals surface area (Å²) in [5, 5.41) is 1.59. The van der Waals surface area contributed by atoms with Gasteiger partial charge in [-0.15, -0.1) is 11.3 Å². The summed E-state index contributed by atoms with van der Waals surface area (Å²) < 4.78 is 28.9. The van der Waals surface area contributed by atoms with Gasteiger partial charge in [-0.25, -0.2) is 0 Å². The van der Waals surface area contributed by atoms with Gasteiger partial charge < -0.3 is 0 Å². The standard InChI is InChI=1S/C4H4O3S2.Na.H/c5-9(6,7)4-2-1-3-8-4;;/h1-3H,(H,5,6,7);;. The van der Waals surface area contributed by atoms with Crippen LogP contribution in [0.3, 0.4) is 0 Å². The predicted octanol–water partition coefficient (Wildman–Crippen LogP) is 0.346. The van der Waals surface area contributed by atoms with Crippen molar-refractivity contribution in [3.63, 3.8) is 0 Å². The normalized spacial score (nSPS) is 10.5. The summed E-state index contributed by atoms with van der Waals surface area (Å²) in [6, 6.07) is 2.91. The summed E-state index contributed by atoms with van der Waals surface area (Å²) in [5.74, 6) is 0. The summed E-state index contributed by atoms with van der Waals surface area (Å²) in [7, 11) is -3.94. The van der Waals surface area contributed by atoms with Crippen molar-refractivity contribution >= 4 is 51.0 Å². The Morgan fingerprint density at radius 2 is 2.10 bits per heavy atom. The number of hydrogen-bond acceptors (Lipinski definition) is 3. The van der Waals surface area contributed by atoms with Crippen LogP contribution in [0, 0.1) is 0 Å². The molecular formula is C4H5NaO3S2. The van der Waals surface area contributed by atoms with Gasteiger partial charge in [0.05, 0.1) is 0 Å². The molecular weight excluding hydrogens is 183 g/mol. The first-order valence-corrected chi connectivity index (χ1v) is 4.43. The van der Waals surface area contributed by atoms with Crippen molar-refractivity contribution in [3.05, 3.63) is 17.5 Å². The molecule has 0 radical (unpaired) electrons. The van der Waals surface area contributed by atoms with Crippen molar-refractivity contribution in [1.82, 2.24) is 0 Å². The fraction of sp³-hybridized carbons (Fsp3) is 0. The first-order valence-electron chi connectivity index (χ1n) is 2.12. The molecule has 10 heavy (non-hydrogen) atoms. The van der Waals surface area contributed by atoms with E-state index in [1.807, 2.05) is 0 Å². The van der Waals surface area contributed by atoms with Gasteiger partial charge in [-0.2, -0.15) is 8.42 Å². The third-order valence-corrected chi connectivity index (χ3v) is 2.98. The fourth-order valence-electron chi connectivity index (χ4n) is 0.410. The Labute approximate surface area is 85.1 Å². The molecule has 0 atom stereocenters. The van der Waals surface area contributed by atoms with Gasteiger partial charge in [-0.3, -0.25) is 4.55 Å². The molecule has 6 heteroatoms. The van der Waals surface area contributed by atoms with Crippen LogP contribution in [0.1, 0.15) is 0 Å². The molecule has 0 amide bonds. The third-order valence-electron chi connectivity index (χ3n) is 0.749. The van der Waals surface area contributed by atoms with E-state index in [1.165, 1.54) is 6.07 Å². The molecule has 0 spiro atoms. The Bertz CT molecular complexity index is 275. The van der Waals surface area contributed by atoms with Crippen LogP contribution >= 0.6 is 11.3 Å². The molecule has 1 N–H and O–H groups in total. The van der Waals surface area contributed by atoms with Crippen LogP contribution in [-0.4, -0.2) is 42.5 Å². The summed E-state index contributed by atoms with van der Waals surface area (Å²) in [6.45, 7) is 0. The maximum absolute atomic E-state index is 10.3. The second-order valence-electron chi connectivity index (χ2n) is 1.41. The average molecular weight is 188 g/mol. The molecule has 1 aromatic heterocycles. The van der Waals surface area contributed by atoms with Crippen LogP contribution in [-0.2, 0) is 10.1 Å². The molecule has 0 aliphatic rings. The Morgan fingerprint density at radius 3 is 2.30 bits per heavy atom. The predicted molar refractivity (Wildman–Crippen MR) is 41.3 cm³/mol. The van der Waals surface area contributed by atoms with Gasteiger partial charge in [0, 0.05) is 0 Å². The quantitative estimate of drug-likeness (QED) is 0.511. The molecule has 1 aromatic rings. The third kappa shape index (κ3) is 2.69. The van der Waals surface area contributed by atoms with E-state index < -0.39 is 10.1 Å². The maximum atomic E-state index is 10.3. The molecule has 0 aliphatic carbocycles. The van der Waals surface area contributed by atoms with Gasteiger partial charge in [-0.05, 0) is 11.4 Å². The summed E-state index contributed by atoms with van der Waals surface area (Å²) in [4.78, 5) is 0. The summed E-state index contributed by atoms with van der Waals surface area (Å²) in [6.07, 6.45) is 0. The molecule has 0 saturated heterocycles. The van der Waals surface area contributed by atoms with Crippen LogP contribution in [0.4, 0.5) is 0 Å². The second-order valence-corrected chi connectivity index (χ2v) is 4.00. The van der Waals surface area contributed by atoms with E-state index in [1.54, 1.807) is 11.4 Å². The molecule has 1 heterocycles. The van der Waals surface area contributed by atoms with Crippen molar-refractivity contribution in [3.8, 4) is 0 Å². The monoisotopic (exact) mass is 188 g/mol. The topological polar surface area (TPSA) is 54.4 Å². The van der Waals surface area contributed by atoms with Crippen LogP contribution in [0.25, 0.3) is 0 Å². The number of thiophene rings is 1. The van der Waals surface area contributed by atoms with Gasteiger partial charge in [0.25, 0.3) is 0 Å². The minimum atomic E-state index is -3.94. The van der Waals surface area contributed by atoms with Crippen molar-refractivity contribution < 1.29 is 13.0 Å². The van der Waals surface area contributed by atoms with Gasteiger partial charge in [-0.1, -0.05) is 6.07 Å². The molecule has 1 rings (SSSR count). The minimum absolute atomic E-state index is 0. The molecule has 0 saturated carbocycles. The zero-order chi connectivity index (χ0) is 6.91. The second kappa shape index (κ2) is 3.85. The van der Waals surface area contributed by atoms with E-state index >= 15 is 0 Å². The Kier molecular flexibility index (Phi) is 4.08. The molecule has 52 valence electrons. The Hall–Kier alpha value is 0.610. The summed E-state index contributed by atoms with van der Waals surface area (Å²) >= 11 is 0.992. The number of hydrogen-bond donors (Lipinski definition) is 1. The van der Waals surface area contributed by atoms with Crippen LogP contribution < -0.4 is 0 Å². The Balaban J connectivity index is 0.000000810. The van der Waals surface area contributed by atoms with Crippen molar-refractivity contribution in [1.29, 1.82) is 0 Å². The van der Waals surface area contributed by atoms with E-state index in [9.17, 15) is 8.42 Å². The zero-order valence-electron chi connectivity index (χ0n) is 4.31. The Morgan fingerprint density at radius 1 is 1.50 bits per heavy atom. The van der Waals surface area contributed by atoms with E-state index in [0.29, 0.717) is 0 Å². The van der Waals surface area contributed by atoms with E-state index in [2.05, 4.69) is 0 Å². The molecule has 0 unspecified atom stereocenters. The van der Waals surface area contributed by atoms with Gasteiger partial charge in [0.15, 0.2) is 0 Å². The van der Waals surface area contributed by atoms with E-state index in [4.69, 9.17) is 4.55 Å². The molecule has 3 nitrogen and oxygen atoms in total. The fourth-order valence-corrected chi connectivity index (χ4v) is 1.76.